The summed E-state index contributed by atoms with van der Waals surface area (Å²) in [5.74, 6) is 1.44. The number of imidazole rings is 1. The first-order valence-corrected chi connectivity index (χ1v) is 13.4. The molecule has 1 aromatic heterocycles. The number of nitrogens with one attached hydrogen (secondary N) is 1. The molecule has 0 amide bonds. The Kier molecular flexibility index (Phi) is 13.5. The fourth-order valence-corrected chi connectivity index (χ4v) is 5.58. The van der Waals surface area contributed by atoms with E-state index in [4.69, 9.17) is 4.98 Å². The van der Waals surface area contributed by atoms with Gasteiger partial charge in [-0.25, -0.2) is 4.98 Å². The summed E-state index contributed by atoms with van der Waals surface area (Å²) in [5, 5.41) is 0. The average Bonchev–Trinajstić information content (AvgIpc) is 3.34. The highest BCUT2D eigenvalue weighted by Crippen LogP contribution is 2.30. The summed E-state index contributed by atoms with van der Waals surface area (Å²) in [6.07, 6.45) is 2.39. The first-order valence-electron chi connectivity index (χ1n) is 13.4. The van der Waals surface area contributed by atoms with Gasteiger partial charge in [-0.05, 0) is 44.4 Å². The number of hydrogen-bond donors (Lipinski definition) is 1. The van der Waals surface area contributed by atoms with E-state index < -0.39 is 0 Å². The van der Waals surface area contributed by atoms with Crippen LogP contribution in [0.3, 0.4) is 0 Å². The predicted octanol–water partition coefficient (Wildman–Crippen LogP) is 7.94. The SMILES string of the molecule is Cc1[nH]c(-c2ccccc2)nc1C(C)N1CCN(CCCC(c2ccccc2)c2ccccc2)CC1.Cl.Cl.Cl. The summed E-state index contributed by atoms with van der Waals surface area (Å²) < 4.78 is 0. The fourth-order valence-electron chi connectivity index (χ4n) is 5.58. The van der Waals surface area contributed by atoms with E-state index in [1.807, 2.05) is 6.07 Å². The van der Waals surface area contributed by atoms with Crippen molar-refractivity contribution in [3.63, 3.8) is 0 Å². The number of H-pyrrole nitrogens is 1. The maximum absolute atomic E-state index is 4.99. The smallest absolute Gasteiger partial charge is 0.137 e. The van der Waals surface area contributed by atoms with Gasteiger partial charge in [0, 0.05) is 43.4 Å². The van der Waals surface area contributed by atoms with Crippen LogP contribution in [0.2, 0.25) is 0 Å². The van der Waals surface area contributed by atoms with Gasteiger partial charge in [-0.1, -0.05) is 91.0 Å². The Morgan fingerprint density at radius 1 is 0.744 bits per heavy atom. The summed E-state index contributed by atoms with van der Waals surface area (Å²) >= 11 is 0. The molecule has 1 aliphatic rings. The number of nitrogens with zero attached hydrogens (tertiary/aromatic N) is 3. The summed E-state index contributed by atoms with van der Waals surface area (Å²) in [7, 11) is 0. The highest BCUT2D eigenvalue weighted by molar-refractivity contribution is 5.86. The molecule has 2 heterocycles. The number of benzene rings is 3. The summed E-state index contributed by atoms with van der Waals surface area (Å²) in [4.78, 5) is 13.7. The van der Waals surface area contributed by atoms with Crippen molar-refractivity contribution < 1.29 is 0 Å². The van der Waals surface area contributed by atoms with Crippen LogP contribution < -0.4 is 0 Å². The first kappa shape index (κ1) is 32.9. The molecule has 4 nitrogen and oxygen atoms in total. The number of rotatable bonds is 9. The molecular weight excluding hydrogens is 547 g/mol. The fraction of sp³-hybridized carbons (Fsp3) is 0.344. The molecule has 1 atom stereocenters. The maximum atomic E-state index is 4.99. The molecule has 1 N–H and O–H groups in total. The predicted molar refractivity (Wildman–Crippen MR) is 171 cm³/mol. The molecule has 210 valence electrons. The van der Waals surface area contributed by atoms with Crippen molar-refractivity contribution in [2.24, 2.45) is 0 Å². The zero-order valence-electron chi connectivity index (χ0n) is 22.8. The molecule has 1 aliphatic heterocycles. The van der Waals surface area contributed by atoms with Crippen molar-refractivity contribution in [3.8, 4) is 11.4 Å². The second kappa shape index (κ2) is 16.1. The van der Waals surface area contributed by atoms with Crippen molar-refractivity contribution in [2.75, 3.05) is 32.7 Å². The third-order valence-corrected chi connectivity index (χ3v) is 7.69. The lowest BCUT2D eigenvalue weighted by Crippen LogP contribution is -2.47. The molecule has 0 bridgehead atoms. The molecule has 0 radical (unpaired) electrons. The van der Waals surface area contributed by atoms with Gasteiger partial charge in [0.05, 0.1) is 11.7 Å². The highest BCUT2D eigenvalue weighted by Gasteiger charge is 2.25. The topological polar surface area (TPSA) is 35.2 Å². The third kappa shape index (κ3) is 8.33. The molecule has 1 unspecified atom stereocenters. The van der Waals surface area contributed by atoms with Crippen LogP contribution in [0.4, 0.5) is 0 Å². The van der Waals surface area contributed by atoms with Gasteiger partial charge in [-0.2, -0.15) is 0 Å². The Balaban J connectivity index is 0.00000178. The van der Waals surface area contributed by atoms with E-state index in [1.165, 1.54) is 35.4 Å². The molecule has 1 saturated heterocycles. The maximum Gasteiger partial charge on any atom is 0.137 e. The Hall–Kier alpha value is -2.34. The van der Waals surface area contributed by atoms with Crippen LogP contribution in [0.5, 0.6) is 0 Å². The van der Waals surface area contributed by atoms with E-state index in [2.05, 4.69) is 114 Å². The molecule has 39 heavy (non-hydrogen) atoms. The number of aromatic nitrogens is 2. The average molecular weight is 588 g/mol. The van der Waals surface area contributed by atoms with Gasteiger partial charge in [0.1, 0.15) is 5.82 Å². The largest absolute Gasteiger partial charge is 0.342 e. The zero-order chi connectivity index (χ0) is 24.7. The van der Waals surface area contributed by atoms with Crippen molar-refractivity contribution in [1.82, 2.24) is 19.8 Å². The Bertz CT molecular complexity index is 1170. The molecular formula is C32H41Cl3N4. The number of piperazine rings is 1. The molecule has 0 spiro atoms. The Morgan fingerprint density at radius 2 is 1.26 bits per heavy atom. The highest BCUT2D eigenvalue weighted by atomic mass is 35.5. The second-order valence-corrected chi connectivity index (χ2v) is 10.0. The van der Waals surface area contributed by atoms with Crippen LogP contribution in [0.25, 0.3) is 11.4 Å². The number of aryl methyl sites for hydroxylation is 1. The van der Waals surface area contributed by atoms with Crippen LogP contribution >= 0.6 is 37.2 Å². The lowest BCUT2D eigenvalue weighted by Gasteiger charge is -2.38. The first-order chi connectivity index (χ1) is 17.7. The summed E-state index contributed by atoms with van der Waals surface area (Å²) in [6, 6.07) is 32.7. The Morgan fingerprint density at radius 3 is 1.79 bits per heavy atom. The molecule has 0 aliphatic carbocycles. The molecule has 7 heteroatoms. The number of aromatic amines is 1. The molecule has 3 aromatic carbocycles. The lowest BCUT2D eigenvalue weighted by molar-refractivity contribution is 0.0994. The van der Waals surface area contributed by atoms with Gasteiger partial charge in [0.2, 0.25) is 0 Å². The van der Waals surface area contributed by atoms with E-state index in [0.717, 1.165) is 44.1 Å². The van der Waals surface area contributed by atoms with Crippen LogP contribution in [0.15, 0.2) is 91.0 Å². The molecule has 0 saturated carbocycles. The van der Waals surface area contributed by atoms with Gasteiger partial charge in [0.15, 0.2) is 0 Å². The van der Waals surface area contributed by atoms with Crippen LogP contribution in [-0.4, -0.2) is 52.5 Å². The minimum atomic E-state index is 0. The standard InChI is InChI=1S/C32H38N4.3ClH/c1-25-31(34-32(33-25)29-17-10-5-11-18-29)26(2)36-23-21-35(22-24-36)20-12-19-30(27-13-6-3-7-14-27)28-15-8-4-9-16-28;;;/h3-11,13-18,26,30H,12,19-24H2,1-2H3,(H,33,34);3*1H. The number of halogens is 3. The van der Waals surface area contributed by atoms with E-state index in [0.29, 0.717) is 12.0 Å². The van der Waals surface area contributed by atoms with Crippen molar-refractivity contribution in [1.29, 1.82) is 0 Å². The van der Waals surface area contributed by atoms with Gasteiger partial charge in [-0.3, -0.25) is 4.90 Å². The summed E-state index contributed by atoms with van der Waals surface area (Å²) in [5.41, 5.74) is 6.35. The Labute approximate surface area is 252 Å². The van der Waals surface area contributed by atoms with Crippen LogP contribution in [0, 0.1) is 6.92 Å². The molecule has 5 rings (SSSR count). The van der Waals surface area contributed by atoms with Crippen LogP contribution in [-0.2, 0) is 0 Å². The van der Waals surface area contributed by atoms with Gasteiger partial charge < -0.3 is 9.88 Å². The zero-order valence-corrected chi connectivity index (χ0v) is 25.3. The van der Waals surface area contributed by atoms with Crippen molar-refractivity contribution in [2.45, 2.75) is 38.6 Å². The normalized spacial score (nSPS) is 14.6. The number of hydrogen-bond acceptors (Lipinski definition) is 3. The monoisotopic (exact) mass is 586 g/mol. The van der Waals surface area contributed by atoms with E-state index in [-0.39, 0.29) is 37.2 Å². The third-order valence-electron chi connectivity index (χ3n) is 7.69. The van der Waals surface area contributed by atoms with Crippen molar-refractivity contribution >= 4 is 37.2 Å². The van der Waals surface area contributed by atoms with E-state index >= 15 is 0 Å². The van der Waals surface area contributed by atoms with E-state index in [1.54, 1.807) is 0 Å². The van der Waals surface area contributed by atoms with Crippen LogP contribution in [0.1, 0.15) is 54.2 Å². The van der Waals surface area contributed by atoms with Gasteiger partial charge in [-0.15, -0.1) is 37.2 Å². The lowest BCUT2D eigenvalue weighted by atomic mass is 9.87. The molecule has 4 aromatic rings. The van der Waals surface area contributed by atoms with E-state index in [9.17, 15) is 0 Å². The quantitative estimate of drug-likeness (QED) is 0.216. The van der Waals surface area contributed by atoms with Crippen molar-refractivity contribution in [3.05, 3.63) is 114 Å². The summed E-state index contributed by atoms with van der Waals surface area (Å²) in [6.45, 7) is 10.1. The second-order valence-electron chi connectivity index (χ2n) is 10.0. The minimum absolute atomic E-state index is 0. The minimum Gasteiger partial charge on any atom is -0.342 e. The van der Waals surface area contributed by atoms with Gasteiger partial charge in [0.25, 0.3) is 0 Å². The molecule has 1 fully saturated rings. The van der Waals surface area contributed by atoms with Gasteiger partial charge >= 0.3 is 0 Å².